The van der Waals surface area contributed by atoms with Gasteiger partial charge in [-0.3, -0.25) is 9.48 Å². The first-order chi connectivity index (χ1) is 12.1. The van der Waals surface area contributed by atoms with E-state index in [1.54, 1.807) is 0 Å². The topological polar surface area (TPSA) is 50.2 Å². The highest BCUT2D eigenvalue weighted by Gasteiger charge is 2.24. The molecule has 134 valence electrons. The molecular weight excluding hydrogens is 312 g/mol. The summed E-state index contributed by atoms with van der Waals surface area (Å²) < 4.78 is 1.99. The molecule has 5 heteroatoms. The molecule has 1 aromatic carbocycles. The first-order valence-electron chi connectivity index (χ1n) is 9.10. The standard InChI is InChI=1S/C20H28N4O/c1-15-10-16(2)24(22-15)14-17-6-4-8-19(11-17)20(25)23-9-5-7-18(13-23)12-21-3/h4,6,8,10-11,18,21H,5,7,9,12-14H2,1-3H3. The van der Waals surface area contributed by atoms with Crippen LogP contribution in [-0.2, 0) is 6.54 Å². The third kappa shape index (κ3) is 4.28. The monoisotopic (exact) mass is 340 g/mol. The first kappa shape index (κ1) is 17.7. The quantitative estimate of drug-likeness (QED) is 0.910. The molecule has 3 rings (SSSR count). The molecule has 1 amide bonds. The number of nitrogens with zero attached hydrogens (tertiary/aromatic N) is 3. The van der Waals surface area contributed by atoms with Crippen LogP contribution in [0.4, 0.5) is 0 Å². The number of rotatable bonds is 5. The number of amides is 1. The highest BCUT2D eigenvalue weighted by Crippen LogP contribution is 2.19. The lowest BCUT2D eigenvalue weighted by atomic mass is 9.97. The Morgan fingerprint density at radius 1 is 1.32 bits per heavy atom. The Morgan fingerprint density at radius 2 is 2.16 bits per heavy atom. The third-order valence-corrected chi connectivity index (χ3v) is 4.91. The number of carbonyl (C=O) groups excluding carboxylic acids is 1. The molecule has 5 nitrogen and oxygen atoms in total. The zero-order valence-corrected chi connectivity index (χ0v) is 15.5. The van der Waals surface area contributed by atoms with Gasteiger partial charge in [-0.05, 0) is 70.0 Å². The van der Waals surface area contributed by atoms with Gasteiger partial charge in [0.15, 0.2) is 0 Å². The van der Waals surface area contributed by atoms with Gasteiger partial charge in [0, 0.05) is 24.3 Å². The number of aromatic nitrogens is 2. The number of benzene rings is 1. The van der Waals surface area contributed by atoms with Crippen LogP contribution in [0, 0.1) is 19.8 Å². The number of carbonyl (C=O) groups is 1. The maximum atomic E-state index is 12.9. The van der Waals surface area contributed by atoms with Gasteiger partial charge in [-0.2, -0.15) is 5.10 Å². The molecule has 0 bridgehead atoms. The van der Waals surface area contributed by atoms with Crippen molar-refractivity contribution in [1.29, 1.82) is 0 Å². The molecule has 1 aliphatic rings. The van der Waals surface area contributed by atoms with Crippen molar-refractivity contribution in [1.82, 2.24) is 20.0 Å². The van der Waals surface area contributed by atoms with E-state index < -0.39 is 0 Å². The Bertz CT molecular complexity index is 735. The van der Waals surface area contributed by atoms with Gasteiger partial charge >= 0.3 is 0 Å². The van der Waals surface area contributed by atoms with E-state index >= 15 is 0 Å². The molecule has 0 spiro atoms. The third-order valence-electron chi connectivity index (χ3n) is 4.91. The molecule has 1 fully saturated rings. The zero-order valence-electron chi connectivity index (χ0n) is 15.5. The van der Waals surface area contributed by atoms with E-state index in [0.717, 1.165) is 48.6 Å². The maximum absolute atomic E-state index is 12.9. The lowest BCUT2D eigenvalue weighted by molar-refractivity contribution is 0.0674. The average molecular weight is 340 g/mol. The summed E-state index contributed by atoms with van der Waals surface area (Å²) in [6.45, 7) is 7.44. The Morgan fingerprint density at radius 3 is 2.88 bits per heavy atom. The number of hydrogen-bond acceptors (Lipinski definition) is 3. The van der Waals surface area contributed by atoms with Gasteiger partial charge in [-0.25, -0.2) is 0 Å². The molecule has 1 unspecified atom stereocenters. The van der Waals surface area contributed by atoms with Crippen molar-refractivity contribution in [2.75, 3.05) is 26.7 Å². The molecule has 1 atom stereocenters. The van der Waals surface area contributed by atoms with Crippen molar-refractivity contribution < 1.29 is 4.79 Å². The van der Waals surface area contributed by atoms with Crippen LogP contribution in [0.3, 0.4) is 0 Å². The fraction of sp³-hybridized carbons (Fsp3) is 0.500. The van der Waals surface area contributed by atoms with E-state index in [1.165, 1.54) is 6.42 Å². The van der Waals surface area contributed by atoms with E-state index in [2.05, 4.69) is 29.5 Å². The Kier molecular flexibility index (Phi) is 5.53. The second-order valence-electron chi connectivity index (χ2n) is 7.10. The number of aryl methyl sites for hydroxylation is 2. The van der Waals surface area contributed by atoms with Crippen LogP contribution in [0.1, 0.15) is 40.2 Å². The van der Waals surface area contributed by atoms with Crippen molar-refractivity contribution in [3.8, 4) is 0 Å². The van der Waals surface area contributed by atoms with E-state index in [-0.39, 0.29) is 5.91 Å². The Hall–Kier alpha value is -2.14. The predicted octanol–water partition coefficient (Wildman–Crippen LogP) is 2.62. The second-order valence-corrected chi connectivity index (χ2v) is 7.10. The normalized spacial score (nSPS) is 17.7. The summed E-state index contributed by atoms with van der Waals surface area (Å²) in [5.41, 5.74) is 4.05. The molecule has 25 heavy (non-hydrogen) atoms. The number of piperidine rings is 1. The molecule has 2 aromatic rings. The maximum Gasteiger partial charge on any atom is 0.253 e. The van der Waals surface area contributed by atoms with Gasteiger partial charge in [-0.15, -0.1) is 0 Å². The lowest BCUT2D eigenvalue weighted by Crippen LogP contribution is -2.42. The Balaban J connectivity index is 1.72. The van der Waals surface area contributed by atoms with Gasteiger partial charge in [-0.1, -0.05) is 12.1 Å². The van der Waals surface area contributed by atoms with Gasteiger partial charge in [0.05, 0.1) is 12.2 Å². The zero-order chi connectivity index (χ0) is 17.8. The molecule has 0 aliphatic carbocycles. The lowest BCUT2D eigenvalue weighted by Gasteiger charge is -2.32. The average Bonchev–Trinajstić information content (AvgIpc) is 2.92. The Labute approximate surface area is 150 Å². The van der Waals surface area contributed by atoms with Crippen molar-refractivity contribution >= 4 is 5.91 Å². The summed E-state index contributed by atoms with van der Waals surface area (Å²) in [5, 5.41) is 7.75. The molecular formula is C20H28N4O. The molecule has 1 N–H and O–H groups in total. The molecule has 0 saturated carbocycles. The van der Waals surface area contributed by atoms with Gasteiger partial charge in [0.1, 0.15) is 0 Å². The van der Waals surface area contributed by atoms with Gasteiger partial charge in [0.2, 0.25) is 0 Å². The number of hydrogen-bond donors (Lipinski definition) is 1. The summed E-state index contributed by atoms with van der Waals surface area (Å²) in [5.74, 6) is 0.705. The summed E-state index contributed by atoms with van der Waals surface area (Å²) in [6.07, 6.45) is 2.28. The molecule has 1 aromatic heterocycles. The van der Waals surface area contributed by atoms with Crippen LogP contribution in [-0.4, -0.2) is 47.3 Å². The van der Waals surface area contributed by atoms with Crippen LogP contribution in [0.5, 0.6) is 0 Å². The fourth-order valence-electron chi connectivity index (χ4n) is 3.70. The van der Waals surface area contributed by atoms with E-state index in [0.29, 0.717) is 12.5 Å². The SMILES string of the molecule is CNCC1CCCN(C(=O)c2cccc(Cn3nc(C)cc3C)c2)C1. The van der Waals surface area contributed by atoms with E-state index in [4.69, 9.17) is 0 Å². The highest BCUT2D eigenvalue weighted by molar-refractivity contribution is 5.94. The van der Waals surface area contributed by atoms with Crippen molar-refractivity contribution in [2.45, 2.75) is 33.2 Å². The molecule has 1 saturated heterocycles. The largest absolute Gasteiger partial charge is 0.338 e. The fourth-order valence-corrected chi connectivity index (χ4v) is 3.70. The number of nitrogens with one attached hydrogen (secondary N) is 1. The van der Waals surface area contributed by atoms with Crippen LogP contribution in [0.25, 0.3) is 0 Å². The summed E-state index contributed by atoms with van der Waals surface area (Å²) in [7, 11) is 1.98. The smallest absolute Gasteiger partial charge is 0.253 e. The highest BCUT2D eigenvalue weighted by atomic mass is 16.2. The van der Waals surface area contributed by atoms with Crippen LogP contribution in [0.15, 0.2) is 30.3 Å². The molecule has 0 radical (unpaired) electrons. The van der Waals surface area contributed by atoms with Gasteiger partial charge < -0.3 is 10.2 Å². The van der Waals surface area contributed by atoms with Crippen molar-refractivity contribution in [2.24, 2.45) is 5.92 Å². The summed E-state index contributed by atoms with van der Waals surface area (Å²) in [6, 6.07) is 10.1. The summed E-state index contributed by atoms with van der Waals surface area (Å²) in [4.78, 5) is 14.9. The minimum absolute atomic E-state index is 0.149. The van der Waals surface area contributed by atoms with E-state index in [9.17, 15) is 4.79 Å². The minimum Gasteiger partial charge on any atom is -0.338 e. The summed E-state index contributed by atoms with van der Waals surface area (Å²) >= 11 is 0. The van der Waals surface area contributed by atoms with Crippen LogP contribution >= 0.6 is 0 Å². The first-order valence-corrected chi connectivity index (χ1v) is 9.10. The van der Waals surface area contributed by atoms with E-state index in [1.807, 2.05) is 41.8 Å². The van der Waals surface area contributed by atoms with Gasteiger partial charge in [0.25, 0.3) is 5.91 Å². The van der Waals surface area contributed by atoms with Crippen LogP contribution in [0.2, 0.25) is 0 Å². The molecule has 2 heterocycles. The molecule has 1 aliphatic heterocycles. The number of likely N-dealkylation sites (tertiary alicyclic amines) is 1. The minimum atomic E-state index is 0.149. The predicted molar refractivity (Wildman–Crippen MR) is 99.8 cm³/mol. The van der Waals surface area contributed by atoms with Crippen molar-refractivity contribution in [3.05, 3.63) is 52.8 Å². The van der Waals surface area contributed by atoms with Crippen molar-refractivity contribution in [3.63, 3.8) is 0 Å². The van der Waals surface area contributed by atoms with Crippen LogP contribution < -0.4 is 5.32 Å². The second kappa shape index (κ2) is 7.83.